The van der Waals surface area contributed by atoms with Crippen LogP contribution in [0.5, 0.6) is 0 Å². The molecular formula is C25H23N5O3. The normalized spacial score (nSPS) is 14.0. The van der Waals surface area contributed by atoms with Crippen LogP contribution in [0, 0.1) is 10.1 Å². The predicted octanol–water partition coefficient (Wildman–Crippen LogP) is 4.11. The Morgan fingerprint density at radius 1 is 0.939 bits per heavy atom. The summed E-state index contributed by atoms with van der Waals surface area (Å²) in [4.78, 5) is 32.4. The Labute approximate surface area is 190 Å². The summed E-state index contributed by atoms with van der Waals surface area (Å²) in [5.41, 5.74) is 3.64. The first-order valence-electron chi connectivity index (χ1n) is 10.8. The molecule has 8 heteroatoms. The summed E-state index contributed by atoms with van der Waals surface area (Å²) >= 11 is 0. The fraction of sp³-hybridized carbons (Fsp3) is 0.200. The van der Waals surface area contributed by atoms with Crippen LogP contribution in [0.25, 0.3) is 22.2 Å². The number of aromatic nitrogens is 2. The van der Waals surface area contributed by atoms with Crippen LogP contribution in [0.3, 0.4) is 0 Å². The topological polar surface area (TPSA) is 84.5 Å². The van der Waals surface area contributed by atoms with E-state index in [-0.39, 0.29) is 11.6 Å². The number of piperazine rings is 1. The van der Waals surface area contributed by atoms with Gasteiger partial charge in [-0.1, -0.05) is 48.5 Å². The average molecular weight is 441 g/mol. The highest BCUT2D eigenvalue weighted by atomic mass is 16.6. The summed E-state index contributed by atoms with van der Waals surface area (Å²) < 4.78 is 2.09. The number of benzene rings is 2. The van der Waals surface area contributed by atoms with E-state index in [0.717, 1.165) is 27.7 Å². The number of nitro groups is 1. The van der Waals surface area contributed by atoms with Gasteiger partial charge in [-0.25, -0.2) is 4.98 Å². The molecule has 33 heavy (non-hydrogen) atoms. The molecule has 1 aliphatic rings. The molecule has 0 saturated carbocycles. The van der Waals surface area contributed by atoms with E-state index in [0.29, 0.717) is 32.0 Å². The third kappa shape index (κ3) is 3.69. The van der Waals surface area contributed by atoms with Crippen LogP contribution in [-0.4, -0.2) is 51.5 Å². The molecule has 1 aliphatic heterocycles. The Bertz CT molecular complexity index is 1320. The smallest absolute Gasteiger partial charge is 0.287 e. The largest absolute Gasteiger partial charge is 0.353 e. The van der Waals surface area contributed by atoms with Gasteiger partial charge in [0.15, 0.2) is 0 Å². The SMILES string of the molecule is Cn1c(-c2ccccc2)c(C(=O)N2CCN(c3ccc([N+](=O)[O-])cn3)CC2)c2ccccc21. The first-order chi connectivity index (χ1) is 16.0. The number of hydrogen-bond acceptors (Lipinski definition) is 5. The van der Waals surface area contributed by atoms with Crippen LogP contribution in [0.1, 0.15) is 10.4 Å². The van der Waals surface area contributed by atoms with Crippen molar-refractivity contribution in [2.45, 2.75) is 0 Å². The van der Waals surface area contributed by atoms with E-state index in [2.05, 4.69) is 14.5 Å². The summed E-state index contributed by atoms with van der Waals surface area (Å²) in [6.07, 6.45) is 1.27. The van der Waals surface area contributed by atoms with Gasteiger partial charge in [-0.05, 0) is 17.7 Å². The summed E-state index contributed by atoms with van der Waals surface area (Å²) in [5.74, 6) is 0.699. The molecule has 2 aromatic heterocycles. The number of carbonyl (C=O) groups is 1. The van der Waals surface area contributed by atoms with Crippen LogP contribution in [-0.2, 0) is 7.05 Å². The summed E-state index contributed by atoms with van der Waals surface area (Å²) in [7, 11) is 2.00. The van der Waals surface area contributed by atoms with Crippen molar-refractivity contribution in [3.8, 4) is 11.3 Å². The lowest BCUT2D eigenvalue weighted by atomic mass is 10.0. The third-order valence-electron chi connectivity index (χ3n) is 6.20. The minimum Gasteiger partial charge on any atom is -0.353 e. The second-order valence-corrected chi connectivity index (χ2v) is 8.08. The minimum atomic E-state index is -0.456. The molecule has 0 unspecified atom stereocenters. The van der Waals surface area contributed by atoms with Crippen LogP contribution in [0.4, 0.5) is 11.5 Å². The fourth-order valence-corrected chi connectivity index (χ4v) is 4.51. The lowest BCUT2D eigenvalue weighted by Crippen LogP contribution is -2.49. The van der Waals surface area contributed by atoms with E-state index in [9.17, 15) is 14.9 Å². The molecule has 166 valence electrons. The second-order valence-electron chi connectivity index (χ2n) is 8.08. The maximum Gasteiger partial charge on any atom is 0.287 e. The van der Waals surface area contributed by atoms with Gasteiger partial charge in [-0.2, -0.15) is 0 Å². The number of amides is 1. The van der Waals surface area contributed by atoms with Crippen molar-refractivity contribution < 1.29 is 9.72 Å². The Kier molecular flexibility index (Phi) is 5.26. The van der Waals surface area contributed by atoms with E-state index >= 15 is 0 Å². The number of pyridine rings is 1. The summed E-state index contributed by atoms with van der Waals surface area (Å²) in [6, 6.07) is 21.1. The molecule has 1 amide bonds. The molecule has 2 aromatic carbocycles. The number of para-hydroxylation sites is 1. The van der Waals surface area contributed by atoms with Crippen molar-refractivity contribution in [1.82, 2.24) is 14.5 Å². The number of carbonyl (C=O) groups excluding carboxylic acids is 1. The van der Waals surface area contributed by atoms with Crippen molar-refractivity contribution in [1.29, 1.82) is 0 Å². The molecule has 0 atom stereocenters. The predicted molar refractivity (Wildman–Crippen MR) is 127 cm³/mol. The van der Waals surface area contributed by atoms with E-state index in [1.54, 1.807) is 6.07 Å². The first-order valence-corrected chi connectivity index (χ1v) is 10.8. The number of nitrogens with zero attached hydrogens (tertiary/aromatic N) is 5. The third-order valence-corrected chi connectivity index (χ3v) is 6.20. The van der Waals surface area contributed by atoms with Gasteiger partial charge in [-0.15, -0.1) is 0 Å². The van der Waals surface area contributed by atoms with Gasteiger partial charge in [0.2, 0.25) is 0 Å². The molecule has 3 heterocycles. The van der Waals surface area contributed by atoms with E-state index in [4.69, 9.17) is 0 Å². The number of rotatable bonds is 4. The summed E-state index contributed by atoms with van der Waals surface area (Å²) in [6.45, 7) is 2.33. The molecule has 4 aromatic rings. The van der Waals surface area contributed by atoms with Crippen molar-refractivity contribution in [3.63, 3.8) is 0 Å². The number of fused-ring (bicyclic) bond motifs is 1. The molecule has 5 rings (SSSR count). The second kappa shape index (κ2) is 8.38. The van der Waals surface area contributed by atoms with E-state index in [1.165, 1.54) is 12.3 Å². The van der Waals surface area contributed by atoms with E-state index < -0.39 is 4.92 Å². The minimum absolute atomic E-state index is 0.0157. The van der Waals surface area contributed by atoms with Gasteiger partial charge in [0.1, 0.15) is 12.0 Å². The van der Waals surface area contributed by atoms with Gasteiger partial charge >= 0.3 is 0 Å². The Hall–Kier alpha value is -4.20. The molecule has 0 N–H and O–H groups in total. The van der Waals surface area contributed by atoms with Gasteiger partial charge in [0, 0.05) is 50.2 Å². The zero-order valence-electron chi connectivity index (χ0n) is 18.2. The van der Waals surface area contributed by atoms with Gasteiger partial charge in [0.05, 0.1) is 16.2 Å². The number of aryl methyl sites for hydroxylation is 1. The Morgan fingerprint density at radius 3 is 2.30 bits per heavy atom. The standard InChI is InChI=1S/C25H23N5O3/c1-27-21-10-6-5-9-20(21)23(24(27)18-7-3-2-4-8-18)25(31)29-15-13-28(14-16-29)22-12-11-19(17-26-22)30(32)33/h2-12,17H,13-16H2,1H3. The molecule has 0 aliphatic carbocycles. The van der Waals surface area contributed by atoms with E-state index in [1.807, 2.05) is 66.5 Å². The maximum atomic E-state index is 13.8. The Morgan fingerprint density at radius 2 is 1.64 bits per heavy atom. The van der Waals surface area contributed by atoms with Gasteiger partial charge < -0.3 is 14.4 Å². The first kappa shape index (κ1) is 20.7. The average Bonchev–Trinajstić information content (AvgIpc) is 3.16. The molecular weight excluding hydrogens is 418 g/mol. The highest BCUT2D eigenvalue weighted by Crippen LogP contribution is 2.34. The molecule has 0 radical (unpaired) electrons. The van der Waals surface area contributed by atoms with Crippen molar-refractivity contribution in [2.24, 2.45) is 7.05 Å². The van der Waals surface area contributed by atoms with Crippen molar-refractivity contribution in [2.75, 3.05) is 31.1 Å². The fourth-order valence-electron chi connectivity index (χ4n) is 4.51. The quantitative estimate of drug-likeness (QED) is 0.351. The highest BCUT2D eigenvalue weighted by molar-refractivity contribution is 6.12. The molecule has 8 nitrogen and oxygen atoms in total. The lowest BCUT2D eigenvalue weighted by Gasteiger charge is -2.35. The van der Waals surface area contributed by atoms with Gasteiger partial charge in [-0.3, -0.25) is 14.9 Å². The number of anilines is 1. The number of hydrogen-bond donors (Lipinski definition) is 0. The molecule has 0 spiro atoms. The van der Waals surface area contributed by atoms with Crippen LogP contribution >= 0.6 is 0 Å². The zero-order valence-corrected chi connectivity index (χ0v) is 18.2. The zero-order chi connectivity index (χ0) is 22.9. The lowest BCUT2D eigenvalue weighted by molar-refractivity contribution is -0.385. The molecule has 1 saturated heterocycles. The van der Waals surface area contributed by atoms with Crippen LogP contribution < -0.4 is 4.90 Å². The Balaban J connectivity index is 1.43. The molecule has 1 fully saturated rings. The van der Waals surface area contributed by atoms with Crippen molar-refractivity contribution in [3.05, 3.63) is 88.6 Å². The maximum absolute atomic E-state index is 13.8. The van der Waals surface area contributed by atoms with Crippen molar-refractivity contribution >= 4 is 28.3 Å². The highest BCUT2D eigenvalue weighted by Gasteiger charge is 2.29. The molecule has 0 bridgehead atoms. The monoisotopic (exact) mass is 441 g/mol. The van der Waals surface area contributed by atoms with Crippen LogP contribution in [0.15, 0.2) is 72.9 Å². The summed E-state index contributed by atoms with van der Waals surface area (Å²) in [5, 5.41) is 11.8. The van der Waals surface area contributed by atoms with Gasteiger partial charge in [0.25, 0.3) is 11.6 Å². The van der Waals surface area contributed by atoms with Crippen LogP contribution in [0.2, 0.25) is 0 Å².